The maximum atomic E-state index is 11.2. The van der Waals surface area contributed by atoms with Crippen LogP contribution in [-0.4, -0.2) is 48.7 Å². The Balaban J connectivity index is 1.70. The molecule has 0 radical (unpaired) electrons. The maximum absolute atomic E-state index is 11.2. The van der Waals surface area contributed by atoms with Crippen LogP contribution in [0.2, 0.25) is 0 Å². The van der Waals surface area contributed by atoms with Gasteiger partial charge in [0, 0.05) is 12.6 Å². The number of carbonyl (C=O) groups is 2. The number of rotatable bonds is 2. The zero-order valence-corrected chi connectivity index (χ0v) is 9.05. The van der Waals surface area contributed by atoms with Gasteiger partial charge in [-0.1, -0.05) is 0 Å². The third kappa shape index (κ3) is 1.85. The van der Waals surface area contributed by atoms with Crippen molar-refractivity contribution < 1.29 is 19.1 Å². The fourth-order valence-electron chi connectivity index (χ4n) is 2.68. The van der Waals surface area contributed by atoms with Crippen LogP contribution in [0.4, 0.5) is 0 Å². The Labute approximate surface area is 93.7 Å². The molecule has 2 heterocycles. The molecule has 0 aromatic rings. The molecule has 88 valence electrons. The molecule has 3 rings (SSSR count). The summed E-state index contributed by atoms with van der Waals surface area (Å²) in [7, 11) is 0. The van der Waals surface area contributed by atoms with Gasteiger partial charge in [0.15, 0.2) is 0 Å². The van der Waals surface area contributed by atoms with Gasteiger partial charge in [0.25, 0.3) is 0 Å². The lowest BCUT2D eigenvalue weighted by Gasteiger charge is -2.32. The van der Waals surface area contributed by atoms with Gasteiger partial charge in [0.2, 0.25) is 0 Å². The standard InChI is InChI=1S/C11H15NO4/c13-9-5-12(6-10(14)16-9)8-3-4-15-11(8)7-1-2-7/h7-8,11H,1-6H2. The highest BCUT2D eigenvalue weighted by atomic mass is 16.6. The highest BCUT2D eigenvalue weighted by molar-refractivity contribution is 5.90. The van der Waals surface area contributed by atoms with Crippen LogP contribution in [0.3, 0.4) is 0 Å². The molecule has 5 heteroatoms. The molecule has 2 saturated heterocycles. The van der Waals surface area contributed by atoms with E-state index in [1.165, 1.54) is 12.8 Å². The summed E-state index contributed by atoms with van der Waals surface area (Å²) in [4.78, 5) is 24.3. The Kier molecular flexibility index (Phi) is 2.44. The van der Waals surface area contributed by atoms with Crippen LogP contribution in [-0.2, 0) is 19.1 Å². The zero-order valence-electron chi connectivity index (χ0n) is 9.05. The summed E-state index contributed by atoms with van der Waals surface area (Å²) in [5.41, 5.74) is 0. The summed E-state index contributed by atoms with van der Waals surface area (Å²) in [5, 5.41) is 0. The Morgan fingerprint density at radius 3 is 2.38 bits per heavy atom. The number of ether oxygens (including phenoxy) is 2. The number of hydrogen-bond donors (Lipinski definition) is 0. The van der Waals surface area contributed by atoms with Crippen molar-refractivity contribution in [3.63, 3.8) is 0 Å². The number of hydrogen-bond acceptors (Lipinski definition) is 5. The van der Waals surface area contributed by atoms with Crippen molar-refractivity contribution in [2.24, 2.45) is 5.92 Å². The summed E-state index contributed by atoms with van der Waals surface area (Å²) in [6, 6.07) is 0.226. The minimum Gasteiger partial charge on any atom is -0.391 e. The quantitative estimate of drug-likeness (QED) is 0.487. The normalized spacial score (nSPS) is 36.5. The second-order valence-corrected chi connectivity index (χ2v) is 4.78. The smallest absolute Gasteiger partial charge is 0.327 e. The van der Waals surface area contributed by atoms with E-state index in [1.54, 1.807) is 0 Å². The van der Waals surface area contributed by atoms with Crippen molar-refractivity contribution in [3.05, 3.63) is 0 Å². The first-order valence-corrected chi connectivity index (χ1v) is 5.83. The lowest BCUT2D eigenvalue weighted by molar-refractivity contribution is -0.168. The molecule has 0 spiro atoms. The van der Waals surface area contributed by atoms with E-state index in [0.29, 0.717) is 5.92 Å². The molecular formula is C11H15NO4. The largest absolute Gasteiger partial charge is 0.391 e. The van der Waals surface area contributed by atoms with Crippen LogP contribution in [0.1, 0.15) is 19.3 Å². The minimum absolute atomic E-state index is 0.221. The van der Waals surface area contributed by atoms with Gasteiger partial charge in [-0.2, -0.15) is 0 Å². The van der Waals surface area contributed by atoms with E-state index in [1.807, 2.05) is 4.90 Å². The summed E-state index contributed by atoms with van der Waals surface area (Å²) in [6.45, 7) is 1.19. The van der Waals surface area contributed by atoms with E-state index >= 15 is 0 Å². The first-order chi connectivity index (χ1) is 7.74. The summed E-state index contributed by atoms with van der Waals surface area (Å²) < 4.78 is 10.2. The molecule has 0 bridgehead atoms. The topological polar surface area (TPSA) is 55.8 Å². The summed E-state index contributed by atoms with van der Waals surface area (Å²) in [5.74, 6) is -0.226. The summed E-state index contributed by atoms with van der Waals surface area (Å²) in [6.07, 6.45) is 3.57. The van der Waals surface area contributed by atoms with Crippen LogP contribution < -0.4 is 0 Å². The van der Waals surface area contributed by atoms with Gasteiger partial charge >= 0.3 is 11.9 Å². The van der Waals surface area contributed by atoms with Crippen LogP contribution in [0.15, 0.2) is 0 Å². The van der Waals surface area contributed by atoms with E-state index in [-0.39, 0.29) is 25.2 Å². The number of esters is 2. The van der Waals surface area contributed by atoms with Gasteiger partial charge in [-0.25, -0.2) is 0 Å². The predicted octanol–water partition coefficient (Wildman–Crippen LogP) is -0.0607. The van der Waals surface area contributed by atoms with Crippen LogP contribution in [0.25, 0.3) is 0 Å². The molecule has 0 aromatic carbocycles. The molecule has 16 heavy (non-hydrogen) atoms. The number of morpholine rings is 1. The van der Waals surface area contributed by atoms with Crippen molar-refractivity contribution in [1.29, 1.82) is 0 Å². The molecule has 2 aliphatic heterocycles. The molecule has 1 aliphatic carbocycles. The van der Waals surface area contributed by atoms with Crippen molar-refractivity contribution >= 4 is 11.9 Å². The van der Waals surface area contributed by atoms with Gasteiger partial charge < -0.3 is 9.47 Å². The molecule has 1 saturated carbocycles. The third-order valence-corrected chi connectivity index (χ3v) is 3.55. The van der Waals surface area contributed by atoms with Crippen LogP contribution in [0, 0.1) is 5.92 Å². The average Bonchev–Trinajstić information content (AvgIpc) is 2.94. The second-order valence-electron chi connectivity index (χ2n) is 4.78. The highest BCUT2D eigenvalue weighted by Gasteiger charge is 2.45. The van der Waals surface area contributed by atoms with Crippen LogP contribution >= 0.6 is 0 Å². The Bertz CT molecular complexity index is 310. The van der Waals surface area contributed by atoms with E-state index < -0.39 is 11.9 Å². The van der Waals surface area contributed by atoms with Gasteiger partial charge in [-0.15, -0.1) is 0 Å². The van der Waals surface area contributed by atoms with Gasteiger partial charge in [-0.3, -0.25) is 14.5 Å². The SMILES string of the molecule is O=C1CN(C2CCOC2C2CC2)CC(=O)O1. The molecule has 2 unspecified atom stereocenters. The van der Waals surface area contributed by atoms with E-state index in [2.05, 4.69) is 4.74 Å². The fourth-order valence-corrected chi connectivity index (χ4v) is 2.68. The minimum atomic E-state index is -0.433. The molecule has 3 fully saturated rings. The van der Waals surface area contributed by atoms with Crippen LogP contribution in [0.5, 0.6) is 0 Å². The van der Waals surface area contributed by atoms with Crippen molar-refractivity contribution in [2.75, 3.05) is 19.7 Å². The molecule has 0 N–H and O–H groups in total. The number of nitrogens with zero attached hydrogens (tertiary/aromatic N) is 1. The molecule has 3 aliphatic rings. The third-order valence-electron chi connectivity index (χ3n) is 3.55. The van der Waals surface area contributed by atoms with E-state index in [9.17, 15) is 9.59 Å². The zero-order chi connectivity index (χ0) is 11.1. The fraction of sp³-hybridized carbons (Fsp3) is 0.818. The number of carbonyl (C=O) groups excluding carboxylic acids is 2. The molecular weight excluding hydrogens is 210 g/mol. The Hall–Kier alpha value is -0.940. The van der Waals surface area contributed by atoms with Gasteiger partial charge in [0.05, 0.1) is 19.2 Å². The lowest BCUT2D eigenvalue weighted by Crippen LogP contribution is -2.51. The van der Waals surface area contributed by atoms with E-state index in [4.69, 9.17) is 4.74 Å². The lowest BCUT2D eigenvalue weighted by atomic mass is 10.0. The molecule has 5 nitrogen and oxygen atoms in total. The molecule has 0 aromatic heterocycles. The van der Waals surface area contributed by atoms with E-state index in [0.717, 1.165) is 13.0 Å². The molecule has 2 atom stereocenters. The van der Waals surface area contributed by atoms with Gasteiger partial charge in [-0.05, 0) is 25.2 Å². The second kappa shape index (κ2) is 3.82. The van der Waals surface area contributed by atoms with Crippen molar-refractivity contribution in [1.82, 2.24) is 4.90 Å². The number of cyclic esters (lactones) is 2. The predicted molar refractivity (Wildman–Crippen MR) is 53.5 cm³/mol. The Morgan fingerprint density at radius 2 is 1.75 bits per heavy atom. The van der Waals surface area contributed by atoms with Crippen molar-refractivity contribution in [3.8, 4) is 0 Å². The van der Waals surface area contributed by atoms with Gasteiger partial charge in [0.1, 0.15) is 0 Å². The average molecular weight is 225 g/mol. The molecule has 0 amide bonds. The highest BCUT2D eigenvalue weighted by Crippen LogP contribution is 2.40. The maximum Gasteiger partial charge on any atom is 0.327 e. The monoisotopic (exact) mass is 225 g/mol. The first-order valence-electron chi connectivity index (χ1n) is 5.83. The Morgan fingerprint density at radius 1 is 1.06 bits per heavy atom. The summed E-state index contributed by atoms with van der Waals surface area (Å²) >= 11 is 0. The first kappa shape index (κ1) is 10.2. The van der Waals surface area contributed by atoms with Crippen molar-refractivity contribution in [2.45, 2.75) is 31.4 Å².